The van der Waals surface area contributed by atoms with E-state index in [2.05, 4.69) is 10.3 Å². The summed E-state index contributed by atoms with van der Waals surface area (Å²) in [6.45, 7) is 1.96. The zero-order chi connectivity index (χ0) is 23.3. The number of hydrogen-bond donors (Lipinski definition) is 1. The first-order valence-corrected chi connectivity index (χ1v) is 10.2. The van der Waals surface area contributed by atoms with E-state index in [1.165, 1.54) is 23.5 Å². The van der Waals surface area contributed by atoms with E-state index >= 15 is 0 Å². The van der Waals surface area contributed by atoms with Crippen LogP contribution in [0.2, 0.25) is 0 Å². The van der Waals surface area contributed by atoms with Crippen LogP contribution in [0.15, 0.2) is 36.8 Å². The topological polar surface area (TPSA) is 50.2 Å². The summed E-state index contributed by atoms with van der Waals surface area (Å²) in [6, 6.07) is 4.30. The highest BCUT2D eigenvalue weighted by atomic mass is 19.4. The summed E-state index contributed by atoms with van der Waals surface area (Å²) in [5.74, 6) is -2.87. The summed E-state index contributed by atoms with van der Waals surface area (Å²) in [5, 5.41) is 3.25. The summed E-state index contributed by atoms with van der Waals surface area (Å²) in [5.41, 5.74) is -0.509. The SMILES string of the molecule is Cn1cnc(C(=O)N(Cc2cccc(C(C(F)(F)F)C(F)(F)F)c2)CC2C3CNCC32)c1. The zero-order valence-corrected chi connectivity index (χ0v) is 17.1. The molecule has 1 aliphatic carbocycles. The van der Waals surface area contributed by atoms with Crippen molar-refractivity contribution in [2.24, 2.45) is 24.8 Å². The predicted octanol–water partition coefficient (Wildman–Crippen LogP) is 3.74. The van der Waals surface area contributed by atoms with Gasteiger partial charge in [0.05, 0.1) is 6.33 Å². The van der Waals surface area contributed by atoms with E-state index in [1.807, 2.05) is 0 Å². The average molecular weight is 460 g/mol. The summed E-state index contributed by atoms with van der Waals surface area (Å²) >= 11 is 0. The summed E-state index contributed by atoms with van der Waals surface area (Å²) in [6.07, 6.45) is -7.96. The summed E-state index contributed by atoms with van der Waals surface area (Å²) in [4.78, 5) is 18.6. The standard InChI is InChI=1S/C21H22F6N4O/c1-30-10-17(29-11-30)19(32)31(9-16-14-6-28-7-15(14)16)8-12-3-2-4-13(5-12)18(20(22,23)24)21(25,26)27/h2-5,10-11,14-16,18,28H,6-9H2,1H3. The molecule has 2 fully saturated rings. The van der Waals surface area contributed by atoms with Crippen LogP contribution in [0.5, 0.6) is 0 Å². The minimum Gasteiger partial charge on any atom is -0.340 e. The van der Waals surface area contributed by atoms with E-state index in [0.717, 1.165) is 31.3 Å². The third-order valence-corrected chi connectivity index (χ3v) is 6.22. The normalized spacial score (nSPS) is 22.8. The van der Waals surface area contributed by atoms with Crippen molar-refractivity contribution < 1.29 is 31.1 Å². The molecule has 2 unspecified atom stereocenters. The highest BCUT2D eigenvalue weighted by Crippen LogP contribution is 2.49. The fourth-order valence-electron chi connectivity index (χ4n) is 4.63. The second-order valence-electron chi connectivity index (χ2n) is 8.52. The maximum absolute atomic E-state index is 13.2. The van der Waals surface area contributed by atoms with Crippen molar-refractivity contribution in [1.82, 2.24) is 19.8 Å². The van der Waals surface area contributed by atoms with Crippen LogP contribution in [0.3, 0.4) is 0 Å². The first-order chi connectivity index (χ1) is 14.9. The number of halogens is 6. The maximum atomic E-state index is 13.2. The van der Waals surface area contributed by atoms with Crippen LogP contribution in [0.4, 0.5) is 26.3 Å². The molecule has 2 aliphatic rings. The highest BCUT2D eigenvalue weighted by molar-refractivity contribution is 5.92. The van der Waals surface area contributed by atoms with E-state index in [0.29, 0.717) is 18.4 Å². The first-order valence-electron chi connectivity index (χ1n) is 10.2. The van der Waals surface area contributed by atoms with Crippen molar-refractivity contribution in [3.8, 4) is 0 Å². The number of amides is 1. The Kier molecular flexibility index (Phi) is 5.72. The van der Waals surface area contributed by atoms with Crippen molar-refractivity contribution in [2.75, 3.05) is 19.6 Å². The molecule has 5 nitrogen and oxygen atoms in total. The monoisotopic (exact) mass is 460 g/mol. The van der Waals surface area contributed by atoms with Gasteiger partial charge in [-0.25, -0.2) is 4.98 Å². The van der Waals surface area contributed by atoms with Crippen molar-refractivity contribution in [3.05, 3.63) is 53.6 Å². The first kappa shape index (κ1) is 22.6. The van der Waals surface area contributed by atoms with Crippen molar-refractivity contribution in [1.29, 1.82) is 0 Å². The Labute approximate surface area is 180 Å². The number of nitrogens with one attached hydrogen (secondary N) is 1. The van der Waals surface area contributed by atoms with Crippen LogP contribution in [-0.2, 0) is 13.6 Å². The largest absolute Gasteiger partial charge is 0.404 e. The number of aryl methyl sites for hydroxylation is 1. The third-order valence-electron chi connectivity index (χ3n) is 6.22. The van der Waals surface area contributed by atoms with Gasteiger partial charge in [0.2, 0.25) is 0 Å². The Balaban J connectivity index is 1.59. The number of benzene rings is 1. The summed E-state index contributed by atoms with van der Waals surface area (Å²) in [7, 11) is 1.70. The lowest BCUT2D eigenvalue weighted by molar-refractivity contribution is -0.253. The number of hydrogen-bond acceptors (Lipinski definition) is 3. The Morgan fingerprint density at radius 3 is 2.41 bits per heavy atom. The van der Waals surface area contributed by atoms with Crippen molar-refractivity contribution in [2.45, 2.75) is 24.8 Å². The number of aromatic nitrogens is 2. The fourth-order valence-corrected chi connectivity index (χ4v) is 4.63. The molecule has 1 aliphatic heterocycles. The van der Waals surface area contributed by atoms with Gasteiger partial charge in [-0.05, 0) is 42.0 Å². The van der Waals surface area contributed by atoms with E-state index in [-0.39, 0.29) is 23.7 Å². The van der Waals surface area contributed by atoms with Gasteiger partial charge in [0.25, 0.3) is 5.91 Å². The molecule has 4 rings (SSSR count). The molecule has 1 aromatic heterocycles. The second kappa shape index (κ2) is 8.09. The number of nitrogens with zero attached hydrogens (tertiary/aromatic N) is 3. The van der Waals surface area contributed by atoms with Crippen LogP contribution in [0.1, 0.15) is 27.5 Å². The molecule has 0 spiro atoms. The predicted molar refractivity (Wildman–Crippen MR) is 103 cm³/mol. The van der Waals surface area contributed by atoms with Crippen LogP contribution >= 0.6 is 0 Å². The Bertz CT molecular complexity index is 961. The van der Waals surface area contributed by atoms with Crippen LogP contribution in [0.25, 0.3) is 0 Å². The second-order valence-corrected chi connectivity index (χ2v) is 8.52. The Morgan fingerprint density at radius 2 is 1.84 bits per heavy atom. The molecular weight excluding hydrogens is 438 g/mol. The highest BCUT2D eigenvalue weighted by Gasteiger charge is 2.57. The molecule has 2 atom stereocenters. The van der Waals surface area contributed by atoms with Gasteiger partial charge in [-0.2, -0.15) is 26.3 Å². The van der Waals surface area contributed by atoms with E-state index < -0.39 is 29.7 Å². The molecular formula is C21H22F6N4O. The van der Waals surface area contributed by atoms with Crippen LogP contribution in [0, 0.1) is 17.8 Å². The van der Waals surface area contributed by atoms with Gasteiger partial charge in [0.1, 0.15) is 5.69 Å². The average Bonchev–Trinajstić information content (AvgIpc) is 3.02. The van der Waals surface area contributed by atoms with Gasteiger partial charge in [-0.1, -0.05) is 24.3 Å². The van der Waals surface area contributed by atoms with E-state index in [9.17, 15) is 31.1 Å². The molecule has 11 heteroatoms. The minimum absolute atomic E-state index is 0.102. The quantitative estimate of drug-likeness (QED) is 0.669. The molecule has 32 heavy (non-hydrogen) atoms. The lowest BCUT2D eigenvalue weighted by Gasteiger charge is -2.26. The molecule has 2 heterocycles. The van der Waals surface area contributed by atoms with E-state index in [1.54, 1.807) is 11.6 Å². The fraction of sp³-hybridized carbons (Fsp3) is 0.524. The van der Waals surface area contributed by atoms with E-state index in [4.69, 9.17) is 0 Å². The lowest BCUT2D eigenvalue weighted by atomic mass is 9.96. The molecule has 0 radical (unpaired) electrons. The number of piperidine rings is 1. The Hall–Kier alpha value is -2.56. The molecule has 1 saturated carbocycles. The molecule has 1 aromatic carbocycles. The van der Waals surface area contributed by atoms with Gasteiger partial charge in [-0.15, -0.1) is 0 Å². The number of imidazole rings is 1. The van der Waals surface area contributed by atoms with Crippen molar-refractivity contribution >= 4 is 5.91 Å². The van der Waals surface area contributed by atoms with Gasteiger partial charge in [-0.3, -0.25) is 4.79 Å². The Morgan fingerprint density at radius 1 is 1.19 bits per heavy atom. The molecule has 1 saturated heterocycles. The molecule has 1 amide bonds. The van der Waals surface area contributed by atoms with Gasteiger partial charge in [0.15, 0.2) is 5.92 Å². The lowest BCUT2D eigenvalue weighted by Crippen LogP contribution is -2.35. The number of rotatable bonds is 6. The summed E-state index contributed by atoms with van der Waals surface area (Å²) < 4.78 is 80.5. The third kappa shape index (κ3) is 4.62. The molecule has 1 N–H and O–H groups in total. The smallest absolute Gasteiger partial charge is 0.340 e. The molecule has 174 valence electrons. The van der Waals surface area contributed by atoms with Gasteiger partial charge in [0, 0.05) is 26.3 Å². The van der Waals surface area contributed by atoms with Gasteiger partial charge >= 0.3 is 12.4 Å². The van der Waals surface area contributed by atoms with Crippen LogP contribution < -0.4 is 5.32 Å². The molecule has 0 bridgehead atoms. The van der Waals surface area contributed by atoms with Crippen LogP contribution in [-0.4, -0.2) is 52.3 Å². The van der Waals surface area contributed by atoms with Gasteiger partial charge < -0.3 is 14.8 Å². The zero-order valence-electron chi connectivity index (χ0n) is 17.1. The van der Waals surface area contributed by atoms with Crippen molar-refractivity contribution in [3.63, 3.8) is 0 Å². The number of carbonyl (C=O) groups excluding carboxylic acids is 1. The minimum atomic E-state index is -5.47. The maximum Gasteiger partial charge on any atom is 0.404 e. The number of fused-ring (bicyclic) bond motifs is 1. The number of carbonyl (C=O) groups is 1. The number of alkyl halides is 6. The molecule has 2 aromatic rings.